The monoisotopic (exact) mass is 308 g/mol. The van der Waals surface area contributed by atoms with Crippen LogP contribution in [0.25, 0.3) is 0 Å². The first-order valence-corrected chi connectivity index (χ1v) is 7.54. The molecule has 0 spiro atoms. The second kappa shape index (κ2) is 6.25. The predicted molar refractivity (Wildman–Crippen MR) is 81.9 cm³/mol. The van der Waals surface area contributed by atoms with Crippen molar-refractivity contribution >= 4 is 17.7 Å². The van der Waals surface area contributed by atoms with Gasteiger partial charge in [-0.15, -0.1) is 10.2 Å². The number of anilines is 1. The summed E-state index contributed by atoms with van der Waals surface area (Å²) in [7, 11) is 3.79. The highest BCUT2D eigenvalue weighted by Crippen LogP contribution is 2.25. The van der Waals surface area contributed by atoms with E-state index < -0.39 is 0 Å². The molecule has 2 heterocycles. The highest BCUT2D eigenvalue weighted by atomic mass is 32.2. The van der Waals surface area contributed by atoms with Gasteiger partial charge < -0.3 is 10.7 Å². The molecular weight excluding hydrogens is 288 g/mol. The molecule has 0 fully saturated rings. The molecule has 114 valence electrons. The fourth-order valence-corrected chi connectivity index (χ4v) is 2.28. The first-order valence-electron chi connectivity index (χ1n) is 6.72. The Morgan fingerprint density at radius 2 is 1.90 bits per heavy atom. The zero-order valence-electron chi connectivity index (χ0n) is 12.9. The second-order valence-corrected chi connectivity index (χ2v) is 5.98. The van der Waals surface area contributed by atoms with Gasteiger partial charge >= 0.3 is 0 Å². The summed E-state index contributed by atoms with van der Waals surface area (Å²) in [5.74, 6) is 8.25. The minimum atomic E-state index is 0.216. The van der Waals surface area contributed by atoms with Crippen molar-refractivity contribution in [3.8, 4) is 0 Å². The lowest BCUT2D eigenvalue weighted by Gasteiger charge is -2.13. The Hall–Kier alpha value is -1.90. The Labute approximate surface area is 128 Å². The van der Waals surface area contributed by atoms with Gasteiger partial charge in [0.15, 0.2) is 5.82 Å². The minimum Gasteiger partial charge on any atom is -0.347 e. The molecule has 0 unspecified atom stereocenters. The third-order valence-electron chi connectivity index (χ3n) is 2.77. The molecule has 9 heteroatoms. The van der Waals surface area contributed by atoms with E-state index in [2.05, 4.69) is 25.1 Å². The number of aromatic nitrogens is 6. The number of nitrogens with two attached hydrogens (primary N) is 1. The van der Waals surface area contributed by atoms with E-state index in [4.69, 9.17) is 5.84 Å². The van der Waals surface area contributed by atoms with Crippen molar-refractivity contribution < 1.29 is 0 Å². The number of nitrogens with zero attached hydrogens (tertiary/aromatic N) is 7. The maximum absolute atomic E-state index is 5.95. The lowest BCUT2D eigenvalue weighted by Crippen LogP contribution is -2.16. The van der Waals surface area contributed by atoms with Gasteiger partial charge in [0.1, 0.15) is 5.82 Å². The molecule has 0 aliphatic rings. The highest BCUT2D eigenvalue weighted by Gasteiger charge is 2.15. The van der Waals surface area contributed by atoms with E-state index in [1.54, 1.807) is 0 Å². The third-order valence-corrected chi connectivity index (χ3v) is 3.60. The average molecular weight is 308 g/mol. The first kappa shape index (κ1) is 15.5. The van der Waals surface area contributed by atoms with Gasteiger partial charge in [0.05, 0.1) is 0 Å². The van der Waals surface area contributed by atoms with E-state index in [-0.39, 0.29) is 5.92 Å². The largest absolute Gasteiger partial charge is 0.347 e. The maximum atomic E-state index is 5.95. The molecule has 0 amide bonds. The Kier molecular flexibility index (Phi) is 4.61. The van der Waals surface area contributed by atoms with Crippen LogP contribution in [0.15, 0.2) is 10.3 Å². The van der Waals surface area contributed by atoms with Gasteiger partial charge in [-0.2, -0.15) is 9.97 Å². The summed E-state index contributed by atoms with van der Waals surface area (Å²) < 4.78 is 1.47. The lowest BCUT2D eigenvalue weighted by molar-refractivity contribution is 0.713. The first-order chi connectivity index (χ1) is 9.92. The molecule has 2 aromatic rings. The smallest absolute Gasteiger partial charge is 0.229 e. The quantitative estimate of drug-likeness (QED) is 0.819. The van der Waals surface area contributed by atoms with Gasteiger partial charge in [-0.3, -0.25) is 0 Å². The fourth-order valence-electron chi connectivity index (χ4n) is 1.56. The summed E-state index contributed by atoms with van der Waals surface area (Å²) in [5.41, 5.74) is 0. The van der Waals surface area contributed by atoms with E-state index in [9.17, 15) is 0 Å². The summed E-state index contributed by atoms with van der Waals surface area (Å²) in [6.45, 7) is 6.07. The van der Waals surface area contributed by atoms with E-state index in [0.29, 0.717) is 16.3 Å². The van der Waals surface area contributed by atoms with Crippen molar-refractivity contribution in [2.45, 2.75) is 43.4 Å². The van der Waals surface area contributed by atoms with Crippen LogP contribution in [-0.2, 0) is 6.42 Å². The standard InChI is InChI=1S/C12H20N8S/c1-6-8-17-18-12(20(8)13)21-11-15-9(7(2)3)14-10(16-11)19(4)5/h7H,6,13H2,1-5H3. The van der Waals surface area contributed by atoms with Crippen molar-refractivity contribution in [1.29, 1.82) is 0 Å². The molecule has 21 heavy (non-hydrogen) atoms. The summed E-state index contributed by atoms with van der Waals surface area (Å²) in [4.78, 5) is 15.2. The number of hydrogen-bond donors (Lipinski definition) is 1. The van der Waals surface area contributed by atoms with Crippen LogP contribution in [0.4, 0.5) is 5.95 Å². The van der Waals surface area contributed by atoms with Crippen LogP contribution in [0.2, 0.25) is 0 Å². The summed E-state index contributed by atoms with van der Waals surface area (Å²) in [6, 6.07) is 0. The SMILES string of the molecule is CCc1nnc(Sc2nc(C(C)C)nc(N(C)C)n2)n1N. The number of nitrogen functional groups attached to an aromatic ring is 1. The molecule has 0 saturated heterocycles. The Morgan fingerprint density at radius 1 is 1.19 bits per heavy atom. The third kappa shape index (κ3) is 3.41. The Balaban J connectivity index is 2.36. The topological polar surface area (TPSA) is 98.6 Å². The zero-order chi connectivity index (χ0) is 15.6. The van der Waals surface area contributed by atoms with Crippen LogP contribution in [0.3, 0.4) is 0 Å². The van der Waals surface area contributed by atoms with Gasteiger partial charge in [-0.05, 0) is 11.8 Å². The van der Waals surface area contributed by atoms with E-state index in [1.807, 2.05) is 39.8 Å². The molecule has 0 aliphatic heterocycles. The van der Waals surface area contributed by atoms with Gasteiger partial charge in [0.25, 0.3) is 0 Å². The van der Waals surface area contributed by atoms with Crippen molar-refractivity contribution in [3.05, 3.63) is 11.6 Å². The summed E-state index contributed by atoms with van der Waals surface area (Å²) in [5, 5.41) is 9.23. The molecule has 2 aromatic heterocycles. The molecule has 0 saturated carbocycles. The Bertz CT molecular complexity index is 595. The van der Waals surface area contributed by atoms with Crippen LogP contribution in [0, 0.1) is 0 Å². The van der Waals surface area contributed by atoms with E-state index >= 15 is 0 Å². The molecule has 8 nitrogen and oxygen atoms in total. The molecular formula is C12H20N8S. The zero-order valence-corrected chi connectivity index (χ0v) is 13.7. The van der Waals surface area contributed by atoms with Crippen molar-refractivity contribution in [1.82, 2.24) is 29.8 Å². The Morgan fingerprint density at radius 3 is 2.43 bits per heavy atom. The molecule has 0 bridgehead atoms. The van der Waals surface area contributed by atoms with Gasteiger partial charge in [-0.25, -0.2) is 9.66 Å². The lowest BCUT2D eigenvalue weighted by atomic mass is 10.2. The van der Waals surface area contributed by atoms with Crippen LogP contribution < -0.4 is 10.7 Å². The van der Waals surface area contributed by atoms with Gasteiger partial charge in [0, 0.05) is 26.4 Å². The second-order valence-electron chi connectivity index (χ2n) is 5.05. The van der Waals surface area contributed by atoms with Crippen LogP contribution in [0.5, 0.6) is 0 Å². The molecule has 2 rings (SSSR count). The molecule has 0 radical (unpaired) electrons. The molecule has 2 N–H and O–H groups in total. The highest BCUT2D eigenvalue weighted by molar-refractivity contribution is 7.99. The van der Waals surface area contributed by atoms with Crippen LogP contribution in [0.1, 0.15) is 38.3 Å². The average Bonchev–Trinajstić information content (AvgIpc) is 2.79. The molecule has 0 atom stereocenters. The maximum Gasteiger partial charge on any atom is 0.229 e. The predicted octanol–water partition coefficient (Wildman–Crippen LogP) is 1.08. The summed E-state index contributed by atoms with van der Waals surface area (Å²) in [6.07, 6.45) is 0.724. The van der Waals surface area contributed by atoms with E-state index in [1.165, 1.54) is 16.4 Å². The fraction of sp³-hybridized carbons (Fsp3) is 0.583. The van der Waals surface area contributed by atoms with Gasteiger partial charge in [-0.1, -0.05) is 20.8 Å². The minimum absolute atomic E-state index is 0.216. The number of hydrogen-bond acceptors (Lipinski definition) is 8. The molecule has 0 aliphatic carbocycles. The van der Waals surface area contributed by atoms with Gasteiger partial charge in [0.2, 0.25) is 16.3 Å². The number of rotatable bonds is 5. The summed E-state index contributed by atoms with van der Waals surface area (Å²) >= 11 is 1.29. The van der Waals surface area contributed by atoms with Crippen LogP contribution in [-0.4, -0.2) is 43.9 Å². The van der Waals surface area contributed by atoms with Crippen LogP contribution >= 0.6 is 11.8 Å². The normalized spacial score (nSPS) is 11.1. The molecule has 0 aromatic carbocycles. The van der Waals surface area contributed by atoms with Crippen molar-refractivity contribution in [2.24, 2.45) is 0 Å². The van der Waals surface area contributed by atoms with E-state index in [0.717, 1.165) is 18.1 Å². The van der Waals surface area contributed by atoms with Crippen molar-refractivity contribution in [3.63, 3.8) is 0 Å². The van der Waals surface area contributed by atoms with Crippen molar-refractivity contribution in [2.75, 3.05) is 24.8 Å². The number of aryl methyl sites for hydroxylation is 1.